The van der Waals surface area contributed by atoms with Crippen molar-refractivity contribution in [1.82, 2.24) is 5.32 Å². The maximum atomic E-state index is 12.1. The van der Waals surface area contributed by atoms with Crippen LogP contribution < -0.4 is 5.32 Å². The summed E-state index contributed by atoms with van der Waals surface area (Å²) in [5.41, 5.74) is 0.955. The summed E-state index contributed by atoms with van der Waals surface area (Å²) < 4.78 is 24.2. The fraction of sp³-hybridized carbons (Fsp3) is 0.625. The monoisotopic (exact) mass is 293 g/mol. The van der Waals surface area contributed by atoms with Gasteiger partial charge in [0.05, 0.1) is 10.6 Å². The molecule has 1 unspecified atom stereocenters. The van der Waals surface area contributed by atoms with E-state index in [9.17, 15) is 8.42 Å². The van der Waals surface area contributed by atoms with Gasteiger partial charge in [-0.25, -0.2) is 8.42 Å². The maximum Gasteiger partial charge on any atom is 0.180 e. The molecule has 1 aromatic carbocycles. The standard InChI is InChI=1S/C16H23NO2S/c1-12-6-8-13(9-7-12)10-17-15-11-20(18,19)16-5-3-2-4-14(15)16/h2-5,12-13,15,17H,6-11H2,1H3. The average molecular weight is 293 g/mol. The van der Waals surface area contributed by atoms with Gasteiger partial charge in [-0.1, -0.05) is 38.0 Å². The molecule has 0 aromatic heterocycles. The topological polar surface area (TPSA) is 46.2 Å². The van der Waals surface area contributed by atoms with E-state index in [1.54, 1.807) is 12.1 Å². The smallest absolute Gasteiger partial charge is 0.180 e. The Kier molecular flexibility index (Phi) is 3.87. The molecule has 4 heteroatoms. The van der Waals surface area contributed by atoms with Crippen LogP contribution in [0.25, 0.3) is 0 Å². The highest BCUT2D eigenvalue weighted by Crippen LogP contribution is 2.34. The molecular formula is C16H23NO2S. The van der Waals surface area contributed by atoms with Crippen molar-refractivity contribution in [2.24, 2.45) is 11.8 Å². The van der Waals surface area contributed by atoms with Crippen LogP contribution in [0, 0.1) is 11.8 Å². The van der Waals surface area contributed by atoms with Gasteiger partial charge < -0.3 is 5.32 Å². The molecule has 0 amide bonds. The highest BCUT2D eigenvalue weighted by atomic mass is 32.2. The molecule has 1 aliphatic heterocycles. The van der Waals surface area contributed by atoms with Gasteiger partial charge in [0.2, 0.25) is 0 Å². The Morgan fingerprint density at radius 2 is 1.85 bits per heavy atom. The van der Waals surface area contributed by atoms with Crippen LogP contribution >= 0.6 is 0 Å². The SMILES string of the molecule is CC1CCC(CNC2CS(=O)(=O)c3ccccc32)CC1. The molecule has 1 aromatic rings. The zero-order chi connectivity index (χ0) is 14.2. The van der Waals surface area contributed by atoms with E-state index in [1.165, 1.54) is 25.7 Å². The molecule has 1 atom stereocenters. The molecule has 1 aliphatic carbocycles. The average Bonchev–Trinajstić information content (AvgIpc) is 2.70. The third-order valence-corrected chi connectivity index (χ3v) is 6.62. The van der Waals surface area contributed by atoms with Crippen molar-refractivity contribution in [3.8, 4) is 0 Å². The second kappa shape index (κ2) is 5.49. The van der Waals surface area contributed by atoms with Crippen LogP contribution in [0.1, 0.15) is 44.2 Å². The summed E-state index contributed by atoms with van der Waals surface area (Å²) in [6.45, 7) is 3.27. The minimum Gasteiger partial charge on any atom is -0.309 e. The van der Waals surface area contributed by atoms with Gasteiger partial charge in [-0.3, -0.25) is 0 Å². The van der Waals surface area contributed by atoms with E-state index < -0.39 is 9.84 Å². The van der Waals surface area contributed by atoms with Crippen LogP contribution in [0.3, 0.4) is 0 Å². The van der Waals surface area contributed by atoms with Crippen LogP contribution in [0.5, 0.6) is 0 Å². The molecule has 3 nitrogen and oxygen atoms in total. The van der Waals surface area contributed by atoms with Crippen molar-refractivity contribution in [2.45, 2.75) is 43.5 Å². The van der Waals surface area contributed by atoms with Crippen molar-refractivity contribution in [3.63, 3.8) is 0 Å². The molecule has 0 spiro atoms. The number of sulfone groups is 1. The maximum absolute atomic E-state index is 12.1. The summed E-state index contributed by atoms with van der Waals surface area (Å²) in [4.78, 5) is 0.523. The molecule has 110 valence electrons. The summed E-state index contributed by atoms with van der Waals surface area (Å²) in [5.74, 6) is 1.79. The van der Waals surface area contributed by atoms with Crippen molar-refractivity contribution >= 4 is 9.84 Å². The van der Waals surface area contributed by atoms with Crippen molar-refractivity contribution in [1.29, 1.82) is 0 Å². The Morgan fingerprint density at radius 3 is 2.60 bits per heavy atom. The molecular weight excluding hydrogens is 270 g/mol. The van der Waals surface area contributed by atoms with Crippen molar-refractivity contribution < 1.29 is 8.42 Å². The number of nitrogens with one attached hydrogen (secondary N) is 1. The number of hydrogen-bond acceptors (Lipinski definition) is 3. The van der Waals surface area contributed by atoms with Gasteiger partial charge >= 0.3 is 0 Å². The fourth-order valence-electron chi connectivity index (χ4n) is 3.46. The first-order valence-electron chi connectivity index (χ1n) is 7.61. The molecule has 3 rings (SSSR count). The first-order chi connectivity index (χ1) is 9.56. The van der Waals surface area contributed by atoms with E-state index in [2.05, 4.69) is 12.2 Å². The molecule has 1 heterocycles. The number of rotatable bonds is 3. The van der Waals surface area contributed by atoms with Gasteiger partial charge in [-0.2, -0.15) is 0 Å². The van der Waals surface area contributed by atoms with Gasteiger partial charge in [-0.05, 0) is 42.9 Å². The molecule has 0 saturated heterocycles. The largest absolute Gasteiger partial charge is 0.309 e. The lowest BCUT2D eigenvalue weighted by atomic mass is 9.83. The van der Waals surface area contributed by atoms with E-state index in [-0.39, 0.29) is 11.8 Å². The Morgan fingerprint density at radius 1 is 1.15 bits per heavy atom. The number of hydrogen-bond donors (Lipinski definition) is 1. The molecule has 2 aliphatic rings. The van der Waals surface area contributed by atoms with E-state index >= 15 is 0 Å². The first-order valence-corrected chi connectivity index (χ1v) is 9.26. The second-order valence-corrected chi connectivity index (χ2v) is 8.41. The van der Waals surface area contributed by atoms with Gasteiger partial charge in [0, 0.05) is 6.04 Å². The summed E-state index contributed by atoms with van der Waals surface area (Å²) in [5, 5.41) is 3.50. The van der Waals surface area contributed by atoms with Crippen LogP contribution in [0.4, 0.5) is 0 Å². The van der Waals surface area contributed by atoms with Gasteiger partial charge in [-0.15, -0.1) is 0 Å². The third-order valence-electron chi connectivity index (χ3n) is 4.80. The minimum atomic E-state index is -3.08. The molecule has 0 bridgehead atoms. The zero-order valence-corrected chi connectivity index (χ0v) is 12.8. The third kappa shape index (κ3) is 2.77. The van der Waals surface area contributed by atoms with Crippen LogP contribution in [0.15, 0.2) is 29.2 Å². The molecule has 1 saturated carbocycles. The van der Waals surface area contributed by atoms with E-state index in [1.807, 2.05) is 12.1 Å². The zero-order valence-electron chi connectivity index (χ0n) is 12.0. The second-order valence-electron chi connectivity index (χ2n) is 6.41. The highest BCUT2D eigenvalue weighted by molar-refractivity contribution is 7.91. The lowest BCUT2D eigenvalue weighted by Crippen LogP contribution is -2.30. The summed E-state index contributed by atoms with van der Waals surface area (Å²) in [7, 11) is -3.08. The van der Waals surface area contributed by atoms with Crippen molar-refractivity contribution in [3.05, 3.63) is 29.8 Å². The van der Waals surface area contributed by atoms with Crippen LogP contribution in [-0.2, 0) is 9.84 Å². The van der Waals surface area contributed by atoms with Gasteiger partial charge in [0.1, 0.15) is 0 Å². The molecule has 0 radical (unpaired) electrons. The highest BCUT2D eigenvalue weighted by Gasteiger charge is 2.34. The fourth-order valence-corrected chi connectivity index (χ4v) is 5.23. The van der Waals surface area contributed by atoms with E-state index in [0.717, 1.165) is 18.0 Å². The Balaban J connectivity index is 1.65. The normalized spacial score (nSPS) is 31.9. The van der Waals surface area contributed by atoms with E-state index in [4.69, 9.17) is 0 Å². The quantitative estimate of drug-likeness (QED) is 0.932. The van der Waals surface area contributed by atoms with Crippen LogP contribution in [-0.4, -0.2) is 20.7 Å². The summed E-state index contributed by atoms with van der Waals surface area (Å²) >= 11 is 0. The minimum absolute atomic E-state index is 0.0180. The lowest BCUT2D eigenvalue weighted by molar-refractivity contribution is 0.276. The first kappa shape index (κ1) is 14.1. The summed E-state index contributed by atoms with van der Waals surface area (Å²) in [6.07, 6.45) is 5.17. The van der Waals surface area contributed by atoms with Crippen molar-refractivity contribution in [2.75, 3.05) is 12.3 Å². The van der Waals surface area contributed by atoms with Crippen LogP contribution in [0.2, 0.25) is 0 Å². The molecule has 1 fully saturated rings. The Labute approximate surface area is 121 Å². The van der Waals surface area contributed by atoms with Gasteiger partial charge in [0.15, 0.2) is 9.84 Å². The molecule has 1 N–H and O–H groups in total. The lowest BCUT2D eigenvalue weighted by Gasteiger charge is -2.27. The Hall–Kier alpha value is -0.870. The predicted octanol–water partition coefficient (Wildman–Crippen LogP) is 2.93. The molecule has 20 heavy (non-hydrogen) atoms. The number of benzene rings is 1. The van der Waals surface area contributed by atoms with E-state index in [0.29, 0.717) is 10.8 Å². The number of fused-ring (bicyclic) bond motifs is 1. The van der Waals surface area contributed by atoms with Gasteiger partial charge in [0.25, 0.3) is 0 Å². The Bertz CT molecular complexity index is 574. The predicted molar refractivity (Wildman–Crippen MR) is 80.4 cm³/mol. The summed E-state index contributed by atoms with van der Waals surface area (Å²) in [6, 6.07) is 7.39.